The molecule has 0 heterocycles. The van der Waals surface area contributed by atoms with E-state index in [4.69, 9.17) is 5.73 Å². The Labute approximate surface area is 99.0 Å². The zero-order valence-corrected chi connectivity index (χ0v) is 9.51. The average Bonchev–Trinajstić information content (AvgIpc) is 2.27. The van der Waals surface area contributed by atoms with Crippen LogP contribution < -0.4 is 11.1 Å². The topological polar surface area (TPSA) is 55.1 Å². The first-order valence-corrected chi connectivity index (χ1v) is 5.58. The van der Waals surface area contributed by atoms with Gasteiger partial charge in [0, 0.05) is 18.2 Å². The molecular formula is C12H16F2N2O. The van der Waals surface area contributed by atoms with Crippen LogP contribution in [0.4, 0.5) is 8.78 Å². The molecule has 1 amide bonds. The molecule has 1 aromatic carbocycles. The van der Waals surface area contributed by atoms with Gasteiger partial charge in [-0.05, 0) is 31.5 Å². The Bertz CT molecular complexity index is 363. The van der Waals surface area contributed by atoms with Gasteiger partial charge in [-0.3, -0.25) is 4.79 Å². The third-order valence-corrected chi connectivity index (χ3v) is 2.29. The van der Waals surface area contributed by atoms with Crippen LogP contribution in [0.3, 0.4) is 0 Å². The van der Waals surface area contributed by atoms with Gasteiger partial charge in [-0.25, -0.2) is 8.78 Å². The summed E-state index contributed by atoms with van der Waals surface area (Å²) in [5.41, 5.74) is 5.33. The maximum atomic E-state index is 12.8. The standard InChI is InChI=1S/C12H16F2N2O/c13-10-6-9(7-11(14)8-10)12(17)16-5-3-1-2-4-15/h6-8H,1-5,15H2,(H,16,17). The molecule has 1 rings (SSSR count). The van der Waals surface area contributed by atoms with Crippen LogP contribution in [0.1, 0.15) is 29.6 Å². The van der Waals surface area contributed by atoms with Gasteiger partial charge in [0.05, 0.1) is 0 Å². The Balaban J connectivity index is 2.41. The quantitative estimate of drug-likeness (QED) is 0.748. The molecule has 0 aliphatic heterocycles. The molecule has 0 fully saturated rings. The van der Waals surface area contributed by atoms with Crippen LogP contribution in [0.5, 0.6) is 0 Å². The minimum atomic E-state index is -0.752. The summed E-state index contributed by atoms with van der Waals surface area (Å²) in [6.07, 6.45) is 2.64. The second-order valence-electron chi connectivity index (χ2n) is 3.76. The highest BCUT2D eigenvalue weighted by molar-refractivity contribution is 5.94. The lowest BCUT2D eigenvalue weighted by molar-refractivity contribution is 0.0952. The van der Waals surface area contributed by atoms with Crippen molar-refractivity contribution in [1.82, 2.24) is 5.32 Å². The smallest absolute Gasteiger partial charge is 0.251 e. The number of amides is 1. The zero-order valence-electron chi connectivity index (χ0n) is 9.51. The third kappa shape index (κ3) is 4.91. The molecule has 0 atom stereocenters. The first-order valence-electron chi connectivity index (χ1n) is 5.58. The highest BCUT2D eigenvalue weighted by Crippen LogP contribution is 2.07. The van der Waals surface area contributed by atoms with Crippen molar-refractivity contribution in [2.24, 2.45) is 5.73 Å². The highest BCUT2D eigenvalue weighted by atomic mass is 19.1. The molecule has 0 aromatic heterocycles. The highest BCUT2D eigenvalue weighted by Gasteiger charge is 2.08. The molecule has 0 saturated heterocycles. The normalized spacial score (nSPS) is 10.3. The van der Waals surface area contributed by atoms with Crippen molar-refractivity contribution < 1.29 is 13.6 Å². The van der Waals surface area contributed by atoms with E-state index in [1.165, 1.54) is 0 Å². The van der Waals surface area contributed by atoms with Crippen LogP contribution in [-0.4, -0.2) is 19.0 Å². The monoisotopic (exact) mass is 242 g/mol. The lowest BCUT2D eigenvalue weighted by Crippen LogP contribution is -2.24. The first-order chi connectivity index (χ1) is 8.13. The Morgan fingerprint density at radius 3 is 2.35 bits per heavy atom. The van der Waals surface area contributed by atoms with Crippen molar-refractivity contribution in [2.45, 2.75) is 19.3 Å². The van der Waals surface area contributed by atoms with Crippen LogP contribution >= 0.6 is 0 Å². The summed E-state index contributed by atoms with van der Waals surface area (Å²) in [6.45, 7) is 1.11. The average molecular weight is 242 g/mol. The fourth-order valence-corrected chi connectivity index (χ4v) is 1.44. The lowest BCUT2D eigenvalue weighted by atomic mass is 10.2. The van der Waals surface area contributed by atoms with Gasteiger partial charge in [-0.2, -0.15) is 0 Å². The van der Waals surface area contributed by atoms with E-state index in [2.05, 4.69) is 5.32 Å². The number of carbonyl (C=O) groups excluding carboxylic acids is 1. The lowest BCUT2D eigenvalue weighted by Gasteiger charge is -2.05. The van der Waals surface area contributed by atoms with E-state index in [0.717, 1.165) is 37.5 Å². The fraction of sp³-hybridized carbons (Fsp3) is 0.417. The summed E-state index contributed by atoms with van der Waals surface area (Å²) in [5.74, 6) is -1.97. The predicted octanol–water partition coefficient (Wildman–Crippen LogP) is 1.82. The van der Waals surface area contributed by atoms with E-state index < -0.39 is 17.5 Å². The van der Waals surface area contributed by atoms with E-state index in [9.17, 15) is 13.6 Å². The van der Waals surface area contributed by atoms with Crippen molar-refractivity contribution in [1.29, 1.82) is 0 Å². The summed E-state index contributed by atoms with van der Waals surface area (Å²) in [6, 6.07) is 2.76. The first kappa shape index (κ1) is 13.6. The number of benzene rings is 1. The number of rotatable bonds is 6. The van der Waals surface area contributed by atoms with Gasteiger partial charge in [0.2, 0.25) is 0 Å². The molecule has 3 nitrogen and oxygen atoms in total. The van der Waals surface area contributed by atoms with E-state index >= 15 is 0 Å². The Kier molecular flexibility index (Phi) is 5.56. The SMILES string of the molecule is NCCCCCNC(=O)c1cc(F)cc(F)c1. The molecule has 17 heavy (non-hydrogen) atoms. The van der Waals surface area contributed by atoms with Crippen molar-refractivity contribution in [2.75, 3.05) is 13.1 Å². The molecule has 3 N–H and O–H groups in total. The minimum Gasteiger partial charge on any atom is -0.352 e. The van der Waals surface area contributed by atoms with E-state index in [1.807, 2.05) is 0 Å². The van der Waals surface area contributed by atoms with Gasteiger partial charge in [0.25, 0.3) is 5.91 Å². The number of carbonyl (C=O) groups is 1. The fourth-order valence-electron chi connectivity index (χ4n) is 1.44. The zero-order chi connectivity index (χ0) is 12.7. The minimum absolute atomic E-state index is 0.00123. The number of hydrogen-bond acceptors (Lipinski definition) is 2. The van der Waals surface area contributed by atoms with Gasteiger partial charge < -0.3 is 11.1 Å². The molecule has 94 valence electrons. The largest absolute Gasteiger partial charge is 0.352 e. The van der Waals surface area contributed by atoms with Crippen LogP contribution in [-0.2, 0) is 0 Å². The number of hydrogen-bond donors (Lipinski definition) is 2. The van der Waals surface area contributed by atoms with Gasteiger partial charge in [0.1, 0.15) is 11.6 Å². The number of halogens is 2. The molecular weight excluding hydrogens is 226 g/mol. The van der Waals surface area contributed by atoms with E-state index in [-0.39, 0.29) is 5.56 Å². The maximum Gasteiger partial charge on any atom is 0.251 e. The molecule has 1 aromatic rings. The molecule has 0 spiro atoms. The molecule has 0 bridgehead atoms. The van der Waals surface area contributed by atoms with Crippen LogP contribution in [0.25, 0.3) is 0 Å². The van der Waals surface area contributed by atoms with Crippen LogP contribution in [0.2, 0.25) is 0 Å². The molecule has 5 heteroatoms. The van der Waals surface area contributed by atoms with Crippen molar-refractivity contribution in [3.05, 3.63) is 35.4 Å². The van der Waals surface area contributed by atoms with Gasteiger partial charge in [-0.15, -0.1) is 0 Å². The van der Waals surface area contributed by atoms with Gasteiger partial charge in [-0.1, -0.05) is 6.42 Å². The van der Waals surface area contributed by atoms with Crippen molar-refractivity contribution >= 4 is 5.91 Å². The van der Waals surface area contributed by atoms with Crippen LogP contribution in [0.15, 0.2) is 18.2 Å². The Morgan fingerprint density at radius 2 is 1.76 bits per heavy atom. The third-order valence-electron chi connectivity index (χ3n) is 2.29. The second kappa shape index (κ2) is 6.96. The number of nitrogens with two attached hydrogens (primary N) is 1. The summed E-state index contributed by atoms with van der Waals surface area (Å²) in [5, 5.41) is 2.60. The van der Waals surface area contributed by atoms with Gasteiger partial charge in [0.15, 0.2) is 0 Å². The molecule has 0 aliphatic rings. The van der Waals surface area contributed by atoms with Gasteiger partial charge >= 0.3 is 0 Å². The Morgan fingerprint density at radius 1 is 1.12 bits per heavy atom. The van der Waals surface area contributed by atoms with E-state index in [1.54, 1.807) is 0 Å². The molecule has 0 saturated carbocycles. The molecule has 0 unspecified atom stereocenters. The summed E-state index contributed by atoms with van der Waals surface area (Å²) in [7, 11) is 0. The molecule has 0 aliphatic carbocycles. The van der Waals surface area contributed by atoms with Crippen LogP contribution in [0, 0.1) is 11.6 Å². The van der Waals surface area contributed by atoms with Crippen molar-refractivity contribution in [3.63, 3.8) is 0 Å². The summed E-state index contributed by atoms with van der Waals surface area (Å²) in [4.78, 5) is 11.5. The van der Waals surface area contributed by atoms with E-state index in [0.29, 0.717) is 13.1 Å². The number of nitrogens with one attached hydrogen (secondary N) is 1. The second-order valence-corrected chi connectivity index (χ2v) is 3.76. The molecule has 0 radical (unpaired) electrons. The van der Waals surface area contributed by atoms with Crippen molar-refractivity contribution in [3.8, 4) is 0 Å². The number of unbranched alkanes of at least 4 members (excludes halogenated alkanes) is 2. The predicted molar refractivity (Wildman–Crippen MR) is 61.6 cm³/mol. The Hall–Kier alpha value is -1.49. The summed E-state index contributed by atoms with van der Waals surface area (Å²) >= 11 is 0. The maximum absolute atomic E-state index is 12.8. The summed E-state index contributed by atoms with van der Waals surface area (Å²) < 4.78 is 25.7.